The van der Waals surface area contributed by atoms with Gasteiger partial charge < -0.3 is 10.2 Å². The van der Waals surface area contributed by atoms with Gasteiger partial charge in [-0.15, -0.1) is 5.10 Å². The van der Waals surface area contributed by atoms with Crippen LogP contribution in [0.2, 0.25) is 0 Å². The average molecular weight is 400 g/mol. The van der Waals surface area contributed by atoms with E-state index in [-0.39, 0.29) is 30.0 Å². The molecule has 0 saturated heterocycles. The number of rotatable bonds is 5. The maximum atomic E-state index is 13.0. The standard InChI is InChI=1S/C20H25N5O2S/c1-13-10-18(26)21-15-8-4-5-9-16(15)25(13)19(27)12-28-20-22-17(23-24-20)11-14-6-2-3-7-14/h4-5,8-9,13-14H,2-3,6-7,10-12H2,1H3,(H,21,26)(H,22,23,24). The van der Waals surface area contributed by atoms with E-state index in [0.29, 0.717) is 16.8 Å². The third-order valence-corrected chi connectivity index (χ3v) is 6.25. The van der Waals surface area contributed by atoms with Crippen molar-refractivity contribution in [1.82, 2.24) is 15.2 Å². The van der Waals surface area contributed by atoms with Crippen molar-refractivity contribution < 1.29 is 9.59 Å². The van der Waals surface area contributed by atoms with Crippen LogP contribution in [0.4, 0.5) is 11.4 Å². The third kappa shape index (κ3) is 4.22. The lowest BCUT2D eigenvalue weighted by Crippen LogP contribution is -2.40. The van der Waals surface area contributed by atoms with Crippen LogP contribution in [0.15, 0.2) is 29.4 Å². The van der Waals surface area contributed by atoms with Crippen LogP contribution in [0.25, 0.3) is 0 Å². The maximum absolute atomic E-state index is 13.0. The van der Waals surface area contributed by atoms with Gasteiger partial charge in [0.25, 0.3) is 0 Å². The van der Waals surface area contributed by atoms with Crippen molar-refractivity contribution in [3.05, 3.63) is 30.1 Å². The molecule has 7 nitrogen and oxygen atoms in total. The van der Waals surface area contributed by atoms with E-state index in [0.717, 1.165) is 17.9 Å². The predicted octanol–water partition coefficient (Wildman–Crippen LogP) is 3.39. The number of para-hydroxylation sites is 2. The van der Waals surface area contributed by atoms with Crippen molar-refractivity contribution in [3.8, 4) is 0 Å². The first-order chi connectivity index (χ1) is 13.6. The summed E-state index contributed by atoms with van der Waals surface area (Å²) < 4.78 is 0. The summed E-state index contributed by atoms with van der Waals surface area (Å²) in [6.45, 7) is 1.90. The summed E-state index contributed by atoms with van der Waals surface area (Å²) in [4.78, 5) is 31.3. The fourth-order valence-electron chi connectivity index (χ4n) is 4.09. The van der Waals surface area contributed by atoms with Gasteiger partial charge in [0.1, 0.15) is 5.82 Å². The van der Waals surface area contributed by atoms with Crippen LogP contribution in [-0.4, -0.2) is 38.8 Å². The highest BCUT2D eigenvalue weighted by Crippen LogP contribution is 2.32. The fourth-order valence-corrected chi connectivity index (χ4v) is 4.76. The molecule has 1 unspecified atom stereocenters. The molecule has 1 aromatic heterocycles. The molecule has 1 aromatic carbocycles. The molecule has 0 bridgehead atoms. The van der Waals surface area contributed by atoms with Gasteiger partial charge in [0.15, 0.2) is 0 Å². The second-order valence-corrected chi connectivity index (χ2v) is 8.53. The minimum Gasteiger partial charge on any atom is -0.324 e. The molecule has 1 fully saturated rings. The number of hydrogen-bond acceptors (Lipinski definition) is 5. The van der Waals surface area contributed by atoms with Gasteiger partial charge in [-0.25, -0.2) is 4.98 Å². The summed E-state index contributed by atoms with van der Waals surface area (Å²) in [5.41, 5.74) is 1.41. The van der Waals surface area contributed by atoms with Gasteiger partial charge in [0.2, 0.25) is 17.0 Å². The first kappa shape index (κ1) is 19.0. The molecular weight excluding hydrogens is 374 g/mol. The number of carbonyl (C=O) groups is 2. The Morgan fingerprint density at radius 1 is 1.29 bits per heavy atom. The van der Waals surface area contributed by atoms with Crippen LogP contribution in [0.3, 0.4) is 0 Å². The molecule has 2 aliphatic rings. The number of thioether (sulfide) groups is 1. The summed E-state index contributed by atoms with van der Waals surface area (Å²) in [6, 6.07) is 7.21. The third-order valence-electron chi connectivity index (χ3n) is 5.42. The number of anilines is 2. The van der Waals surface area contributed by atoms with Crippen LogP contribution in [0.5, 0.6) is 0 Å². The first-order valence-corrected chi connectivity index (χ1v) is 10.8. The van der Waals surface area contributed by atoms with E-state index >= 15 is 0 Å². The molecule has 0 spiro atoms. The Morgan fingerprint density at radius 2 is 2.07 bits per heavy atom. The summed E-state index contributed by atoms with van der Waals surface area (Å²) in [5, 5.41) is 10.8. The summed E-state index contributed by atoms with van der Waals surface area (Å²) in [6.07, 6.45) is 6.36. The average Bonchev–Trinajstić information content (AvgIpc) is 3.31. The van der Waals surface area contributed by atoms with Crippen molar-refractivity contribution in [2.75, 3.05) is 16.0 Å². The lowest BCUT2D eigenvalue weighted by atomic mass is 10.0. The quantitative estimate of drug-likeness (QED) is 0.752. The van der Waals surface area contributed by atoms with Crippen LogP contribution in [0, 0.1) is 5.92 Å². The Balaban J connectivity index is 1.42. The van der Waals surface area contributed by atoms with Gasteiger partial charge in [0.05, 0.1) is 17.1 Å². The highest BCUT2D eigenvalue weighted by atomic mass is 32.2. The van der Waals surface area contributed by atoms with Crippen LogP contribution < -0.4 is 10.2 Å². The molecule has 2 heterocycles. The number of aromatic nitrogens is 3. The second kappa shape index (κ2) is 8.34. The lowest BCUT2D eigenvalue weighted by Gasteiger charge is -2.27. The zero-order valence-corrected chi connectivity index (χ0v) is 16.8. The number of fused-ring (bicyclic) bond motifs is 1. The van der Waals surface area contributed by atoms with E-state index in [9.17, 15) is 9.59 Å². The number of benzene rings is 1. The molecule has 0 radical (unpaired) electrons. The number of aromatic amines is 1. The Kier molecular flexibility index (Phi) is 5.66. The maximum Gasteiger partial charge on any atom is 0.237 e. The van der Waals surface area contributed by atoms with E-state index < -0.39 is 0 Å². The molecule has 1 saturated carbocycles. The molecule has 148 valence electrons. The molecular formula is C20H25N5O2S. The fraction of sp³-hybridized carbons (Fsp3) is 0.500. The summed E-state index contributed by atoms with van der Waals surface area (Å²) in [7, 11) is 0. The largest absolute Gasteiger partial charge is 0.324 e. The zero-order valence-electron chi connectivity index (χ0n) is 16.0. The minimum atomic E-state index is -0.207. The van der Waals surface area contributed by atoms with Crippen LogP contribution in [-0.2, 0) is 16.0 Å². The molecule has 2 aromatic rings. The number of carbonyl (C=O) groups excluding carboxylic acids is 2. The normalized spacial score (nSPS) is 20.0. The Bertz CT molecular complexity index is 862. The predicted molar refractivity (Wildman–Crippen MR) is 109 cm³/mol. The number of nitrogens with zero attached hydrogens (tertiary/aromatic N) is 3. The second-order valence-electron chi connectivity index (χ2n) is 7.59. The van der Waals surface area contributed by atoms with E-state index in [1.807, 2.05) is 31.2 Å². The highest BCUT2D eigenvalue weighted by molar-refractivity contribution is 7.99. The van der Waals surface area contributed by atoms with Gasteiger partial charge in [-0.05, 0) is 25.0 Å². The summed E-state index contributed by atoms with van der Waals surface area (Å²) in [5.74, 6) is 1.71. The molecule has 4 rings (SSSR count). The van der Waals surface area contributed by atoms with Crippen molar-refractivity contribution in [2.24, 2.45) is 5.92 Å². The highest BCUT2D eigenvalue weighted by Gasteiger charge is 2.29. The van der Waals surface area contributed by atoms with Gasteiger partial charge in [-0.1, -0.05) is 49.6 Å². The molecule has 8 heteroatoms. The van der Waals surface area contributed by atoms with Crippen molar-refractivity contribution >= 4 is 35.0 Å². The Labute approximate surface area is 168 Å². The Hall–Kier alpha value is -2.35. The van der Waals surface area contributed by atoms with E-state index in [1.54, 1.807) is 4.90 Å². The molecule has 1 aliphatic carbocycles. The molecule has 2 N–H and O–H groups in total. The van der Waals surface area contributed by atoms with Crippen molar-refractivity contribution in [3.63, 3.8) is 0 Å². The summed E-state index contributed by atoms with van der Waals surface area (Å²) >= 11 is 1.34. The van der Waals surface area contributed by atoms with Gasteiger partial charge in [-0.2, -0.15) is 0 Å². The smallest absolute Gasteiger partial charge is 0.237 e. The monoisotopic (exact) mass is 399 g/mol. The van der Waals surface area contributed by atoms with Gasteiger partial charge in [-0.3, -0.25) is 14.7 Å². The number of nitrogens with one attached hydrogen (secondary N) is 2. The van der Waals surface area contributed by atoms with E-state index in [2.05, 4.69) is 20.5 Å². The molecule has 1 aliphatic heterocycles. The molecule has 28 heavy (non-hydrogen) atoms. The SMILES string of the molecule is CC1CC(=O)Nc2ccccc2N1C(=O)CSc1n[nH]c(CC2CCCC2)n1. The van der Waals surface area contributed by atoms with E-state index in [1.165, 1.54) is 37.4 Å². The zero-order chi connectivity index (χ0) is 19.5. The van der Waals surface area contributed by atoms with Crippen molar-refractivity contribution in [2.45, 2.75) is 56.6 Å². The lowest BCUT2D eigenvalue weighted by molar-refractivity contribution is -0.117. The minimum absolute atomic E-state index is 0.0522. The molecule has 1 atom stereocenters. The Morgan fingerprint density at radius 3 is 2.89 bits per heavy atom. The topological polar surface area (TPSA) is 91.0 Å². The van der Waals surface area contributed by atoms with Crippen molar-refractivity contribution in [1.29, 1.82) is 0 Å². The molecule has 2 amide bonds. The van der Waals surface area contributed by atoms with E-state index in [4.69, 9.17) is 0 Å². The van der Waals surface area contributed by atoms with Crippen LogP contribution >= 0.6 is 11.8 Å². The number of hydrogen-bond donors (Lipinski definition) is 2. The van der Waals surface area contributed by atoms with Gasteiger partial charge >= 0.3 is 0 Å². The number of H-pyrrole nitrogens is 1. The number of amides is 2. The first-order valence-electron chi connectivity index (χ1n) is 9.85. The van der Waals surface area contributed by atoms with Crippen LogP contribution in [0.1, 0.15) is 44.9 Å². The van der Waals surface area contributed by atoms with Gasteiger partial charge in [0, 0.05) is 18.9 Å².